The average molecular weight is 436 g/mol. The molecule has 6 nitrogen and oxygen atoms in total. The Labute approximate surface area is 185 Å². The van der Waals surface area contributed by atoms with Crippen molar-refractivity contribution in [1.82, 2.24) is 5.32 Å². The zero-order valence-electron chi connectivity index (χ0n) is 17.1. The minimum absolute atomic E-state index is 0.200. The molecule has 3 aromatic rings. The van der Waals surface area contributed by atoms with Gasteiger partial charge in [0, 0.05) is 28.9 Å². The molecule has 3 aromatic carbocycles. The molecule has 3 N–H and O–H groups in total. The smallest absolute Gasteiger partial charge is 0.252 e. The molecule has 0 saturated carbocycles. The van der Waals surface area contributed by atoms with Gasteiger partial charge in [-0.3, -0.25) is 14.4 Å². The van der Waals surface area contributed by atoms with Gasteiger partial charge in [0.15, 0.2) is 0 Å². The van der Waals surface area contributed by atoms with Crippen LogP contribution < -0.4 is 16.0 Å². The maximum Gasteiger partial charge on any atom is 0.252 e. The fourth-order valence-electron chi connectivity index (χ4n) is 2.95. The van der Waals surface area contributed by atoms with Crippen LogP contribution in [0.2, 0.25) is 5.02 Å². The minimum atomic E-state index is -0.913. The van der Waals surface area contributed by atoms with Gasteiger partial charge in [-0.2, -0.15) is 0 Å². The van der Waals surface area contributed by atoms with Crippen LogP contribution in [0.4, 0.5) is 11.4 Å². The van der Waals surface area contributed by atoms with Gasteiger partial charge in [-0.15, -0.1) is 0 Å². The minimum Gasteiger partial charge on any atom is -0.336 e. The third-order valence-electron chi connectivity index (χ3n) is 4.58. The fourth-order valence-corrected chi connectivity index (χ4v) is 3.13. The van der Waals surface area contributed by atoms with Crippen molar-refractivity contribution in [3.05, 3.63) is 94.5 Å². The fraction of sp³-hybridized carbons (Fsp3) is 0.125. The molecule has 158 valence electrons. The lowest BCUT2D eigenvalue weighted by molar-refractivity contribution is -0.118. The first kappa shape index (κ1) is 22.1. The van der Waals surface area contributed by atoms with Crippen molar-refractivity contribution in [3.8, 4) is 0 Å². The second kappa shape index (κ2) is 9.91. The van der Waals surface area contributed by atoms with E-state index in [0.29, 0.717) is 27.5 Å². The number of amides is 3. The quantitative estimate of drug-likeness (QED) is 0.523. The maximum absolute atomic E-state index is 13.0. The van der Waals surface area contributed by atoms with E-state index in [1.54, 1.807) is 60.7 Å². The van der Waals surface area contributed by atoms with Crippen LogP contribution in [-0.2, 0) is 9.59 Å². The van der Waals surface area contributed by atoms with Gasteiger partial charge in [0.25, 0.3) is 11.8 Å². The predicted octanol–water partition coefficient (Wildman–Crippen LogP) is 4.72. The van der Waals surface area contributed by atoms with Crippen molar-refractivity contribution in [2.24, 2.45) is 0 Å². The highest BCUT2D eigenvalue weighted by Crippen LogP contribution is 2.22. The standard InChI is InChI=1S/C24H22ClN3O3/c1-15-8-11-20(14-21(15)25)27-24(31)22(17-6-4-3-5-7-17)28-23(30)18-9-12-19(13-10-18)26-16(2)29/h3-14,22H,1-2H3,(H,26,29)(H,27,31)(H,28,30). The maximum atomic E-state index is 13.0. The van der Waals surface area contributed by atoms with E-state index in [9.17, 15) is 14.4 Å². The summed E-state index contributed by atoms with van der Waals surface area (Å²) in [6, 6.07) is 19.7. The van der Waals surface area contributed by atoms with Crippen LogP contribution in [0.1, 0.15) is 34.5 Å². The molecule has 0 saturated heterocycles. The first-order chi connectivity index (χ1) is 14.8. The number of carbonyl (C=O) groups excluding carboxylic acids is 3. The molecule has 0 fully saturated rings. The second-order valence-corrected chi connectivity index (χ2v) is 7.44. The van der Waals surface area contributed by atoms with Gasteiger partial charge < -0.3 is 16.0 Å². The van der Waals surface area contributed by atoms with Gasteiger partial charge in [-0.1, -0.05) is 48.0 Å². The lowest BCUT2D eigenvalue weighted by Gasteiger charge is -2.19. The predicted molar refractivity (Wildman–Crippen MR) is 122 cm³/mol. The SMILES string of the molecule is CC(=O)Nc1ccc(C(=O)NC(C(=O)Nc2ccc(C)c(Cl)c2)c2ccccc2)cc1. The summed E-state index contributed by atoms with van der Waals surface area (Å²) in [4.78, 5) is 37.0. The Bertz CT molecular complexity index is 1100. The topological polar surface area (TPSA) is 87.3 Å². The Morgan fingerprint density at radius 1 is 0.839 bits per heavy atom. The summed E-state index contributed by atoms with van der Waals surface area (Å²) in [5, 5.41) is 8.78. The monoisotopic (exact) mass is 435 g/mol. The number of aryl methyl sites for hydroxylation is 1. The molecule has 3 rings (SSSR count). The number of hydrogen-bond donors (Lipinski definition) is 3. The van der Waals surface area contributed by atoms with Crippen LogP contribution in [0, 0.1) is 6.92 Å². The molecule has 7 heteroatoms. The van der Waals surface area contributed by atoms with E-state index in [0.717, 1.165) is 5.56 Å². The van der Waals surface area contributed by atoms with Crippen molar-refractivity contribution < 1.29 is 14.4 Å². The molecule has 0 aliphatic carbocycles. The normalized spacial score (nSPS) is 11.3. The number of carbonyl (C=O) groups is 3. The molecule has 0 heterocycles. The van der Waals surface area contributed by atoms with Gasteiger partial charge in [0.2, 0.25) is 5.91 Å². The zero-order chi connectivity index (χ0) is 22.4. The second-order valence-electron chi connectivity index (χ2n) is 7.03. The molecule has 31 heavy (non-hydrogen) atoms. The molecule has 0 spiro atoms. The summed E-state index contributed by atoms with van der Waals surface area (Å²) in [6.07, 6.45) is 0. The summed E-state index contributed by atoms with van der Waals surface area (Å²) in [5.74, 6) is -1.01. The third-order valence-corrected chi connectivity index (χ3v) is 4.98. The van der Waals surface area contributed by atoms with Crippen molar-refractivity contribution in [2.45, 2.75) is 19.9 Å². The van der Waals surface area contributed by atoms with Crippen LogP contribution >= 0.6 is 11.6 Å². The van der Waals surface area contributed by atoms with E-state index in [1.807, 2.05) is 19.1 Å². The van der Waals surface area contributed by atoms with E-state index in [4.69, 9.17) is 11.6 Å². The highest BCUT2D eigenvalue weighted by atomic mass is 35.5. The Morgan fingerprint density at radius 3 is 2.10 bits per heavy atom. The molecule has 1 unspecified atom stereocenters. The van der Waals surface area contributed by atoms with Crippen molar-refractivity contribution in [2.75, 3.05) is 10.6 Å². The number of anilines is 2. The molecule has 0 aliphatic rings. The molecular formula is C24H22ClN3O3. The van der Waals surface area contributed by atoms with Crippen LogP contribution in [0.5, 0.6) is 0 Å². The van der Waals surface area contributed by atoms with Crippen molar-refractivity contribution in [1.29, 1.82) is 0 Å². The van der Waals surface area contributed by atoms with Gasteiger partial charge in [0.05, 0.1) is 0 Å². The van der Waals surface area contributed by atoms with E-state index >= 15 is 0 Å². The van der Waals surface area contributed by atoms with Gasteiger partial charge in [-0.05, 0) is 54.4 Å². The molecule has 0 bridgehead atoms. The number of hydrogen-bond acceptors (Lipinski definition) is 3. The summed E-state index contributed by atoms with van der Waals surface area (Å²) >= 11 is 6.16. The summed E-state index contributed by atoms with van der Waals surface area (Å²) in [7, 11) is 0. The Hall–Kier alpha value is -3.64. The van der Waals surface area contributed by atoms with Crippen LogP contribution in [0.15, 0.2) is 72.8 Å². The third kappa shape index (κ3) is 5.93. The Morgan fingerprint density at radius 2 is 1.48 bits per heavy atom. The first-order valence-electron chi connectivity index (χ1n) is 9.64. The van der Waals surface area contributed by atoms with Crippen molar-refractivity contribution in [3.63, 3.8) is 0 Å². The Kier molecular flexibility index (Phi) is 7.05. The average Bonchev–Trinajstić information content (AvgIpc) is 2.75. The van der Waals surface area contributed by atoms with Gasteiger partial charge >= 0.3 is 0 Å². The molecule has 0 aliphatic heterocycles. The van der Waals surface area contributed by atoms with Crippen LogP contribution in [0.25, 0.3) is 0 Å². The first-order valence-corrected chi connectivity index (χ1v) is 10.0. The molecule has 1 atom stereocenters. The lowest BCUT2D eigenvalue weighted by atomic mass is 10.0. The molecule has 0 radical (unpaired) electrons. The Balaban J connectivity index is 1.80. The van der Waals surface area contributed by atoms with E-state index in [1.165, 1.54) is 6.92 Å². The zero-order valence-corrected chi connectivity index (χ0v) is 17.9. The number of nitrogens with one attached hydrogen (secondary N) is 3. The highest BCUT2D eigenvalue weighted by molar-refractivity contribution is 6.31. The number of halogens is 1. The molecule has 3 amide bonds. The summed E-state index contributed by atoms with van der Waals surface area (Å²) in [5.41, 5.74) is 3.02. The molecular weight excluding hydrogens is 414 g/mol. The van der Waals surface area contributed by atoms with Crippen molar-refractivity contribution >= 4 is 40.7 Å². The number of rotatable bonds is 6. The van der Waals surface area contributed by atoms with E-state index < -0.39 is 17.9 Å². The highest BCUT2D eigenvalue weighted by Gasteiger charge is 2.23. The van der Waals surface area contributed by atoms with E-state index in [-0.39, 0.29) is 5.91 Å². The van der Waals surface area contributed by atoms with Crippen LogP contribution in [0.3, 0.4) is 0 Å². The summed E-state index contributed by atoms with van der Waals surface area (Å²) in [6.45, 7) is 3.28. The number of benzene rings is 3. The largest absolute Gasteiger partial charge is 0.336 e. The van der Waals surface area contributed by atoms with Gasteiger partial charge in [-0.25, -0.2) is 0 Å². The summed E-state index contributed by atoms with van der Waals surface area (Å²) < 4.78 is 0. The van der Waals surface area contributed by atoms with Gasteiger partial charge in [0.1, 0.15) is 6.04 Å². The molecule has 0 aromatic heterocycles. The van der Waals surface area contributed by atoms with E-state index in [2.05, 4.69) is 16.0 Å². The van der Waals surface area contributed by atoms with Crippen LogP contribution in [-0.4, -0.2) is 17.7 Å². The lowest BCUT2D eigenvalue weighted by Crippen LogP contribution is -2.37.